The van der Waals surface area contributed by atoms with E-state index in [9.17, 15) is 0 Å². The molecule has 0 amide bonds. The third kappa shape index (κ3) is 8.10. The van der Waals surface area contributed by atoms with Gasteiger partial charge < -0.3 is 14.5 Å². The van der Waals surface area contributed by atoms with Gasteiger partial charge in [0.1, 0.15) is 24.0 Å². The molecular weight excluding hydrogens is 769 g/mol. The monoisotopic (exact) mass is 830 g/mol. The molecule has 0 saturated carbocycles. The highest BCUT2D eigenvalue weighted by Crippen LogP contribution is 2.48. The van der Waals surface area contributed by atoms with Crippen LogP contribution in [0, 0.1) is 0 Å². The Hall–Kier alpha value is -6.33. The predicted octanol–water partition coefficient (Wildman–Crippen LogP) is 16.1. The summed E-state index contributed by atoms with van der Waals surface area (Å²) in [5, 5.41) is 2.39. The normalized spacial score (nSPS) is 13.6. The summed E-state index contributed by atoms with van der Waals surface area (Å²) in [6.45, 7) is 28.0. The Morgan fingerprint density at radius 3 is 1.79 bits per heavy atom. The molecule has 0 unspecified atom stereocenters. The molecule has 3 heterocycles. The van der Waals surface area contributed by atoms with Crippen LogP contribution in [0.2, 0.25) is 0 Å². The highest BCUT2D eigenvalue weighted by molar-refractivity contribution is 6.10. The molecule has 2 aromatic heterocycles. The van der Waals surface area contributed by atoms with E-state index >= 15 is 0 Å². The van der Waals surface area contributed by atoms with Gasteiger partial charge in [-0.3, -0.25) is 4.57 Å². The van der Waals surface area contributed by atoms with Crippen LogP contribution in [0.15, 0.2) is 146 Å². The van der Waals surface area contributed by atoms with Crippen LogP contribution >= 0.6 is 0 Å². The van der Waals surface area contributed by atoms with Gasteiger partial charge in [-0.1, -0.05) is 138 Å². The van der Waals surface area contributed by atoms with Crippen LogP contribution in [0.4, 0.5) is 22.7 Å². The summed E-state index contributed by atoms with van der Waals surface area (Å²) in [5.74, 6) is 2.46. The molecule has 0 atom stereocenters. The average molecular weight is 831 g/mol. The van der Waals surface area contributed by atoms with Crippen LogP contribution in [0.25, 0.3) is 38.8 Å². The number of aromatic nitrogens is 2. The minimum Gasteiger partial charge on any atom is -0.457 e. The van der Waals surface area contributed by atoms with Gasteiger partial charge in [0.05, 0.1) is 22.4 Å². The second-order valence-corrected chi connectivity index (χ2v) is 21.6. The number of anilines is 4. The fourth-order valence-electron chi connectivity index (χ4n) is 8.80. The molecule has 0 N–H and O–H groups in total. The molecule has 320 valence electrons. The molecule has 0 bridgehead atoms. The molecule has 1 aliphatic heterocycles. The zero-order valence-electron chi connectivity index (χ0n) is 39.3. The fraction of sp³-hybridized carbons (Fsp3) is 0.293. The number of benzene rings is 6. The molecule has 63 heavy (non-hydrogen) atoms. The van der Waals surface area contributed by atoms with Crippen molar-refractivity contribution in [2.45, 2.75) is 105 Å². The van der Waals surface area contributed by atoms with Crippen LogP contribution < -0.4 is 14.5 Å². The molecule has 0 fully saturated rings. The van der Waals surface area contributed by atoms with Crippen molar-refractivity contribution >= 4 is 44.6 Å². The van der Waals surface area contributed by atoms with E-state index < -0.39 is 0 Å². The minimum atomic E-state index is -0.0274. The lowest BCUT2D eigenvalue weighted by atomic mass is 9.84. The average Bonchev–Trinajstić information content (AvgIpc) is 3.78. The quantitative estimate of drug-likeness (QED) is 0.167. The lowest BCUT2D eigenvalue weighted by Crippen LogP contribution is -2.24. The van der Waals surface area contributed by atoms with Crippen LogP contribution in [0.1, 0.15) is 105 Å². The van der Waals surface area contributed by atoms with Crippen molar-refractivity contribution in [2.24, 2.45) is 0 Å². The number of nitrogens with zero attached hydrogens (tertiary/aromatic N) is 4. The first-order chi connectivity index (χ1) is 29.7. The molecule has 0 spiro atoms. The van der Waals surface area contributed by atoms with E-state index in [0.29, 0.717) is 6.67 Å². The van der Waals surface area contributed by atoms with E-state index in [2.05, 4.69) is 237 Å². The molecule has 0 radical (unpaired) electrons. The highest BCUT2D eigenvalue weighted by atomic mass is 16.5. The van der Waals surface area contributed by atoms with Gasteiger partial charge >= 0.3 is 0 Å². The Kier molecular flexibility index (Phi) is 10.1. The molecule has 0 saturated heterocycles. The lowest BCUT2D eigenvalue weighted by Gasteiger charge is -2.27. The second kappa shape index (κ2) is 15.2. The minimum absolute atomic E-state index is 0.00250. The van der Waals surface area contributed by atoms with Gasteiger partial charge in [0.25, 0.3) is 0 Å². The van der Waals surface area contributed by atoms with Gasteiger partial charge in [0.15, 0.2) is 0 Å². The van der Waals surface area contributed by atoms with Gasteiger partial charge in [-0.25, -0.2) is 4.98 Å². The smallest absolute Gasteiger partial charge is 0.137 e. The van der Waals surface area contributed by atoms with Crippen molar-refractivity contribution in [1.29, 1.82) is 0 Å². The van der Waals surface area contributed by atoms with Gasteiger partial charge in [-0.05, 0) is 128 Å². The van der Waals surface area contributed by atoms with Gasteiger partial charge in [0, 0.05) is 40.5 Å². The van der Waals surface area contributed by atoms with Gasteiger partial charge in [-0.15, -0.1) is 0 Å². The maximum absolute atomic E-state index is 6.84. The molecular formula is C58H62N4O. The summed E-state index contributed by atoms with van der Waals surface area (Å²) in [4.78, 5) is 9.86. The maximum atomic E-state index is 6.84. The van der Waals surface area contributed by atoms with Crippen molar-refractivity contribution in [1.82, 2.24) is 9.55 Å². The van der Waals surface area contributed by atoms with Crippen LogP contribution in [0.5, 0.6) is 11.5 Å². The third-order valence-electron chi connectivity index (χ3n) is 12.7. The zero-order valence-corrected chi connectivity index (χ0v) is 39.3. The van der Waals surface area contributed by atoms with E-state index in [4.69, 9.17) is 9.72 Å². The molecule has 8 aromatic rings. The summed E-state index contributed by atoms with van der Waals surface area (Å²) < 4.78 is 9.14. The molecule has 9 rings (SSSR count). The SMILES string of the molecule is CC(C)(C)c1cc(-c2ccccc2)cc(N2CN(c3cccc(Oc4ccc5c6cc(C(C)(C)C)ccc6n(-c6cc(C(C)(C)C)ccn6)c5c4)c3)c3ccc(C(C)(C)C)cc32)c1. The third-order valence-corrected chi connectivity index (χ3v) is 12.7. The molecule has 5 heteroatoms. The van der Waals surface area contributed by atoms with E-state index in [0.717, 1.165) is 34.0 Å². The zero-order chi connectivity index (χ0) is 44.6. The second-order valence-electron chi connectivity index (χ2n) is 21.6. The predicted molar refractivity (Wildman–Crippen MR) is 267 cm³/mol. The van der Waals surface area contributed by atoms with Crippen molar-refractivity contribution in [2.75, 3.05) is 16.5 Å². The van der Waals surface area contributed by atoms with Gasteiger partial charge in [-0.2, -0.15) is 0 Å². The van der Waals surface area contributed by atoms with Crippen molar-refractivity contribution in [3.05, 3.63) is 168 Å². The molecule has 5 nitrogen and oxygen atoms in total. The van der Waals surface area contributed by atoms with E-state index in [1.165, 1.54) is 61.2 Å². The molecule has 1 aliphatic rings. The molecule has 6 aromatic carbocycles. The topological polar surface area (TPSA) is 33.5 Å². The fourth-order valence-corrected chi connectivity index (χ4v) is 8.80. The summed E-state index contributed by atoms with van der Waals surface area (Å²) >= 11 is 0. The summed E-state index contributed by atoms with van der Waals surface area (Å²) in [6, 6.07) is 51.1. The number of fused-ring (bicyclic) bond motifs is 4. The summed E-state index contributed by atoms with van der Waals surface area (Å²) in [5.41, 5.74) is 14.4. The number of rotatable bonds is 6. The first-order valence-electron chi connectivity index (χ1n) is 22.5. The Bertz CT molecular complexity index is 3000. The first-order valence-corrected chi connectivity index (χ1v) is 22.5. The Balaban J connectivity index is 1.12. The maximum Gasteiger partial charge on any atom is 0.137 e. The van der Waals surface area contributed by atoms with E-state index in [1.54, 1.807) is 0 Å². The standard InChI is InChI=1S/C58H62N4O/c1-55(2,3)40-21-25-50-49(32-40)48-24-23-47(36-52(48)62(50)54-34-42(27-28-59-54)57(7,8)9)63-46-20-16-19-44(35-46)60-37-61(53-33-41(56(4,5)6)22-26-51(53)60)45-30-39(38-17-14-13-15-18-38)29-43(31-45)58(10,11)12/h13-36H,37H2,1-12H3. The Morgan fingerprint density at radius 2 is 1.08 bits per heavy atom. The Morgan fingerprint density at radius 1 is 0.429 bits per heavy atom. The van der Waals surface area contributed by atoms with E-state index in [-0.39, 0.29) is 21.7 Å². The molecule has 0 aliphatic carbocycles. The van der Waals surface area contributed by atoms with Crippen LogP contribution in [-0.2, 0) is 21.7 Å². The van der Waals surface area contributed by atoms with Crippen LogP contribution in [-0.4, -0.2) is 16.2 Å². The van der Waals surface area contributed by atoms with Crippen molar-refractivity contribution < 1.29 is 4.74 Å². The van der Waals surface area contributed by atoms with Gasteiger partial charge in [0.2, 0.25) is 0 Å². The number of hydrogen-bond donors (Lipinski definition) is 0. The lowest BCUT2D eigenvalue weighted by molar-refractivity contribution is 0.483. The number of pyridine rings is 1. The largest absolute Gasteiger partial charge is 0.457 e. The first kappa shape index (κ1) is 42.0. The van der Waals surface area contributed by atoms with Crippen molar-refractivity contribution in [3.63, 3.8) is 0 Å². The highest BCUT2D eigenvalue weighted by Gasteiger charge is 2.31. The summed E-state index contributed by atoms with van der Waals surface area (Å²) in [7, 11) is 0. The number of hydrogen-bond acceptors (Lipinski definition) is 4. The van der Waals surface area contributed by atoms with E-state index in [1.807, 2.05) is 6.20 Å². The Labute approximate surface area is 375 Å². The summed E-state index contributed by atoms with van der Waals surface area (Å²) in [6.07, 6.45) is 1.94. The number of ether oxygens (including phenoxy) is 1. The van der Waals surface area contributed by atoms with Crippen molar-refractivity contribution in [3.8, 4) is 28.4 Å². The van der Waals surface area contributed by atoms with Crippen LogP contribution in [0.3, 0.4) is 0 Å².